The number of pyridine rings is 1. The monoisotopic (exact) mass is 255 g/mol. The molecule has 0 aliphatic carbocycles. The molecule has 1 aromatic carbocycles. The second kappa shape index (κ2) is 3.64. The van der Waals surface area contributed by atoms with Crippen LogP contribution in [0.15, 0.2) is 30.3 Å². The summed E-state index contributed by atoms with van der Waals surface area (Å²) in [6.45, 7) is 0. The van der Waals surface area contributed by atoms with E-state index in [1.807, 2.05) is 30.3 Å². The predicted octanol–water partition coefficient (Wildman–Crippen LogP) is 3.78. The van der Waals surface area contributed by atoms with Crippen molar-refractivity contribution >= 4 is 38.4 Å². The molecule has 2 aromatic rings. The van der Waals surface area contributed by atoms with Gasteiger partial charge in [0.2, 0.25) is 0 Å². The summed E-state index contributed by atoms with van der Waals surface area (Å²) in [6.07, 6.45) is 0. The molecule has 0 fully saturated rings. The van der Waals surface area contributed by atoms with Gasteiger partial charge in [0, 0.05) is 10.7 Å². The number of alkyl halides is 1. The highest BCUT2D eigenvalue weighted by molar-refractivity contribution is 9.08. The van der Waals surface area contributed by atoms with Crippen LogP contribution in [0.1, 0.15) is 5.56 Å². The molecule has 0 saturated carbocycles. The van der Waals surface area contributed by atoms with Gasteiger partial charge in [-0.25, -0.2) is 4.98 Å². The summed E-state index contributed by atoms with van der Waals surface area (Å²) >= 11 is 9.24. The first kappa shape index (κ1) is 8.97. The molecule has 0 amide bonds. The lowest BCUT2D eigenvalue weighted by atomic mass is 10.1. The number of para-hydroxylation sites is 1. The van der Waals surface area contributed by atoms with Crippen LogP contribution in [0.5, 0.6) is 0 Å². The number of aromatic nitrogens is 1. The van der Waals surface area contributed by atoms with Crippen molar-refractivity contribution in [1.82, 2.24) is 4.98 Å². The molecule has 1 nitrogen and oxygen atoms in total. The summed E-state index contributed by atoms with van der Waals surface area (Å²) in [5.74, 6) is 0. The Morgan fingerprint density at radius 2 is 2.08 bits per heavy atom. The van der Waals surface area contributed by atoms with Crippen LogP contribution in [-0.4, -0.2) is 4.98 Å². The first-order valence-corrected chi connectivity index (χ1v) is 5.41. The van der Waals surface area contributed by atoms with Gasteiger partial charge in [-0.2, -0.15) is 0 Å². The zero-order valence-electron chi connectivity index (χ0n) is 6.80. The van der Waals surface area contributed by atoms with E-state index in [1.54, 1.807) is 0 Å². The number of fused-ring (bicyclic) bond motifs is 1. The molecule has 0 aliphatic heterocycles. The van der Waals surface area contributed by atoms with Crippen molar-refractivity contribution in [2.45, 2.75) is 5.33 Å². The normalized spacial score (nSPS) is 10.6. The molecule has 0 bridgehead atoms. The minimum Gasteiger partial charge on any atom is -0.236 e. The van der Waals surface area contributed by atoms with Crippen molar-refractivity contribution in [2.75, 3.05) is 0 Å². The zero-order valence-corrected chi connectivity index (χ0v) is 9.14. The number of nitrogens with zero attached hydrogens (tertiary/aromatic N) is 1. The predicted molar refractivity (Wildman–Crippen MR) is 59.4 cm³/mol. The maximum absolute atomic E-state index is 5.82. The van der Waals surface area contributed by atoms with Gasteiger partial charge in [-0.15, -0.1) is 0 Å². The maximum atomic E-state index is 5.82. The van der Waals surface area contributed by atoms with E-state index in [1.165, 1.54) is 5.56 Å². The lowest BCUT2D eigenvalue weighted by Crippen LogP contribution is -1.85. The molecule has 0 aliphatic rings. The van der Waals surface area contributed by atoms with Gasteiger partial charge in [-0.1, -0.05) is 45.7 Å². The third-order valence-electron chi connectivity index (χ3n) is 1.91. The fourth-order valence-electron chi connectivity index (χ4n) is 1.29. The smallest absolute Gasteiger partial charge is 0.129 e. The number of hydrogen-bond acceptors (Lipinski definition) is 1. The van der Waals surface area contributed by atoms with E-state index < -0.39 is 0 Å². The average Bonchev–Trinajstić information content (AvgIpc) is 2.17. The molecule has 0 atom stereocenters. The molecule has 1 aromatic heterocycles. The van der Waals surface area contributed by atoms with Gasteiger partial charge in [0.05, 0.1) is 5.52 Å². The summed E-state index contributed by atoms with van der Waals surface area (Å²) in [7, 11) is 0. The van der Waals surface area contributed by atoms with Crippen LogP contribution < -0.4 is 0 Å². The first-order valence-electron chi connectivity index (χ1n) is 3.91. The Bertz CT molecular complexity index is 442. The van der Waals surface area contributed by atoms with E-state index in [9.17, 15) is 0 Å². The van der Waals surface area contributed by atoms with Gasteiger partial charge in [0.15, 0.2) is 0 Å². The average molecular weight is 257 g/mol. The summed E-state index contributed by atoms with van der Waals surface area (Å²) in [6, 6.07) is 9.89. The molecule has 0 radical (unpaired) electrons. The molecule has 2 rings (SSSR count). The number of hydrogen-bond donors (Lipinski definition) is 0. The van der Waals surface area contributed by atoms with E-state index >= 15 is 0 Å². The largest absolute Gasteiger partial charge is 0.236 e. The van der Waals surface area contributed by atoms with Crippen molar-refractivity contribution in [1.29, 1.82) is 0 Å². The van der Waals surface area contributed by atoms with E-state index in [0.717, 1.165) is 16.2 Å². The molecule has 1 heterocycles. The Balaban J connectivity index is 2.79. The molecular formula is C10H7BrClN. The Morgan fingerprint density at radius 1 is 1.23 bits per heavy atom. The highest BCUT2D eigenvalue weighted by atomic mass is 79.9. The third-order valence-corrected chi connectivity index (χ3v) is 2.73. The van der Waals surface area contributed by atoms with E-state index in [-0.39, 0.29) is 0 Å². The minimum atomic E-state index is 0.543. The highest BCUT2D eigenvalue weighted by Crippen LogP contribution is 2.20. The summed E-state index contributed by atoms with van der Waals surface area (Å²) < 4.78 is 0. The van der Waals surface area contributed by atoms with Gasteiger partial charge in [-0.3, -0.25) is 0 Å². The van der Waals surface area contributed by atoms with Gasteiger partial charge >= 0.3 is 0 Å². The molecular weight excluding hydrogens is 249 g/mol. The van der Waals surface area contributed by atoms with Crippen LogP contribution in [0.3, 0.4) is 0 Å². The van der Waals surface area contributed by atoms with Gasteiger partial charge in [-0.05, 0) is 17.7 Å². The van der Waals surface area contributed by atoms with Gasteiger partial charge in [0.1, 0.15) is 5.15 Å². The molecule has 0 unspecified atom stereocenters. The van der Waals surface area contributed by atoms with Crippen molar-refractivity contribution in [3.05, 3.63) is 41.0 Å². The van der Waals surface area contributed by atoms with Crippen LogP contribution >= 0.6 is 27.5 Å². The zero-order chi connectivity index (χ0) is 9.26. The van der Waals surface area contributed by atoms with Crippen LogP contribution in [0.4, 0.5) is 0 Å². The lowest BCUT2D eigenvalue weighted by molar-refractivity contribution is 1.35. The first-order chi connectivity index (χ1) is 6.31. The maximum Gasteiger partial charge on any atom is 0.129 e. The standard InChI is InChI=1S/C10H7BrClN/c11-6-8-3-1-2-7-4-5-9(12)13-10(7)8/h1-5H,6H2. The Hall–Kier alpha value is -0.600. The van der Waals surface area contributed by atoms with Gasteiger partial charge in [0.25, 0.3) is 0 Å². The second-order valence-corrected chi connectivity index (χ2v) is 3.70. The van der Waals surface area contributed by atoms with Crippen molar-refractivity contribution in [3.8, 4) is 0 Å². The summed E-state index contributed by atoms with van der Waals surface area (Å²) in [4.78, 5) is 4.28. The second-order valence-electron chi connectivity index (χ2n) is 2.76. The fourth-order valence-corrected chi connectivity index (χ4v) is 1.89. The summed E-state index contributed by atoms with van der Waals surface area (Å²) in [5, 5.41) is 2.47. The Labute approximate surface area is 89.9 Å². The molecule has 13 heavy (non-hydrogen) atoms. The Morgan fingerprint density at radius 3 is 2.85 bits per heavy atom. The van der Waals surface area contributed by atoms with Crippen molar-refractivity contribution < 1.29 is 0 Å². The number of benzene rings is 1. The SMILES string of the molecule is Clc1ccc2cccc(CBr)c2n1. The number of rotatable bonds is 1. The molecule has 0 N–H and O–H groups in total. The molecule has 0 saturated heterocycles. The molecule has 0 spiro atoms. The van der Waals surface area contributed by atoms with Crippen LogP contribution in [0.2, 0.25) is 5.15 Å². The summed E-state index contributed by atoms with van der Waals surface area (Å²) in [5.41, 5.74) is 2.15. The molecule has 66 valence electrons. The quantitative estimate of drug-likeness (QED) is 0.559. The number of halogens is 2. The van der Waals surface area contributed by atoms with E-state index in [0.29, 0.717) is 5.15 Å². The van der Waals surface area contributed by atoms with Crippen LogP contribution in [0, 0.1) is 0 Å². The van der Waals surface area contributed by atoms with Crippen molar-refractivity contribution in [3.63, 3.8) is 0 Å². The van der Waals surface area contributed by atoms with Gasteiger partial charge < -0.3 is 0 Å². The lowest BCUT2D eigenvalue weighted by Gasteiger charge is -2.01. The molecule has 3 heteroatoms. The minimum absolute atomic E-state index is 0.543. The van der Waals surface area contributed by atoms with E-state index in [2.05, 4.69) is 20.9 Å². The third kappa shape index (κ3) is 1.69. The topological polar surface area (TPSA) is 12.9 Å². The van der Waals surface area contributed by atoms with Crippen molar-refractivity contribution in [2.24, 2.45) is 0 Å². The highest BCUT2D eigenvalue weighted by Gasteiger charge is 2.00. The van der Waals surface area contributed by atoms with E-state index in [4.69, 9.17) is 11.6 Å². The van der Waals surface area contributed by atoms with Crippen LogP contribution in [0.25, 0.3) is 10.9 Å². The Kier molecular flexibility index (Phi) is 2.51. The fraction of sp³-hybridized carbons (Fsp3) is 0.100. The van der Waals surface area contributed by atoms with Crippen LogP contribution in [-0.2, 0) is 5.33 Å².